The van der Waals surface area contributed by atoms with E-state index in [2.05, 4.69) is 0 Å². The Morgan fingerprint density at radius 1 is 1.14 bits per heavy atom. The van der Waals surface area contributed by atoms with Crippen LogP contribution in [-0.2, 0) is 15.8 Å². The smallest absolute Gasteiger partial charge is 0.397 e. The van der Waals surface area contributed by atoms with E-state index in [9.17, 15) is 22.8 Å². The Kier molecular flexibility index (Phi) is 3.47. The third-order valence-electron chi connectivity index (χ3n) is 3.35. The van der Waals surface area contributed by atoms with E-state index in [-0.39, 0.29) is 24.2 Å². The van der Waals surface area contributed by atoms with E-state index in [1.54, 1.807) is 13.8 Å². The normalized spacial score (nSPS) is 19.0. The lowest BCUT2D eigenvalue weighted by molar-refractivity contribution is -0.137. The summed E-state index contributed by atoms with van der Waals surface area (Å²) in [6.07, 6.45) is -4.25. The van der Waals surface area contributed by atoms with Crippen molar-refractivity contribution in [2.75, 3.05) is 10.6 Å². The molecule has 2 amide bonds. The average Bonchev–Trinajstić information content (AvgIpc) is 2.27. The summed E-state index contributed by atoms with van der Waals surface area (Å²) in [6.45, 7) is 3.58. The number of carbonyl (C=O) groups is 2. The fraction of sp³-hybridized carbons (Fsp3) is 0.429. The Hall–Kier alpha value is -2.05. The molecule has 0 aliphatic carbocycles. The van der Waals surface area contributed by atoms with Crippen LogP contribution < -0.4 is 10.6 Å². The van der Waals surface area contributed by atoms with Gasteiger partial charge in [0.25, 0.3) is 0 Å². The van der Waals surface area contributed by atoms with Gasteiger partial charge in [-0.25, -0.2) is 4.90 Å². The maximum absolute atomic E-state index is 12.6. The number of halogens is 3. The van der Waals surface area contributed by atoms with Crippen molar-refractivity contribution >= 4 is 23.2 Å². The van der Waals surface area contributed by atoms with Crippen LogP contribution in [0.1, 0.15) is 32.3 Å². The topological polar surface area (TPSA) is 63.4 Å². The summed E-state index contributed by atoms with van der Waals surface area (Å²) in [7, 11) is 0. The van der Waals surface area contributed by atoms with Crippen LogP contribution in [0.15, 0.2) is 18.2 Å². The molecule has 0 aromatic heterocycles. The second-order valence-corrected chi connectivity index (χ2v) is 5.91. The number of rotatable bonds is 1. The Morgan fingerprint density at radius 3 is 2.10 bits per heavy atom. The van der Waals surface area contributed by atoms with E-state index in [0.29, 0.717) is 0 Å². The second kappa shape index (κ2) is 4.75. The standard InChI is InChI=1S/C14H15F3N2O2/c1-13(2)6-11(20)19(12(21)7-13)10-4-3-8(5-9(10)18)14(15,16)17/h3-5H,6-7,18H2,1-2H3. The van der Waals surface area contributed by atoms with Crippen molar-refractivity contribution in [2.45, 2.75) is 32.9 Å². The van der Waals surface area contributed by atoms with Gasteiger partial charge in [0, 0.05) is 12.8 Å². The zero-order valence-corrected chi connectivity index (χ0v) is 11.6. The van der Waals surface area contributed by atoms with Crippen LogP contribution in [0, 0.1) is 5.41 Å². The number of hydrogen-bond acceptors (Lipinski definition) is 3. The highest BCUT2D eigenvalue weighted by Crippen LogP contribution is 2.38. The highest BCUT2D eigenvalue weighted by molar-refractivity contribution is 6.18. The van der Waals surface area contributed by atoms with E-state index >= 15 is 0 Å². The summed E-state index contributed by atoms with van der Waals surface area (Å²) in [4.78, 5) is 25.0. The summed E-state index contributed by atoms with van der Waals surface area (Å²) in [5, 5.41) is 0. The monoisotopic (exact) mass is 300 g/mol. The summed E-state index contributed by atoms with van der Waals surface area (Å²) in [5.41, 5.74) is 3.99. The minimum absolute atomic E-state index is 0.00787. The molecule has 1 aliphatic heterocycles. The summed E-state index contributed by atoms with van der Waals surface area (Å²) >= 11 is 0. The zero-order chi connectivity index (χ0) is 16.0. The van der Waals surface area contributed by atoms with Crippen molar-refractivity contribution in [3.63, 3.8) is 0 Å². The Labute approximate surface area is 119 Å². The Bertz CT molecular complexity index is 589. The van der Waals surface area contributed by atoms with Gasteiger partial charge < -0.3 is 5.73 Å². The van der Waals surface area contributed by atoms with Gasteiger partial charge in [0.15, 0.2) is 0 Å². The van der Waals surface area contributed by atoms with E-state index in [1.807, 2.05) is 0 Å². The highest BCUT2D eigenvalue weighted by Gasteiger charge is 2.39. The number of benzene rings is 1. The molecule has 0 unspecified atom stereocenters. The molecular weight excluding hydrogens is 285 g/mol. The first kappa shape index (κ1) is 15.3. The van der Waals surface area contributed by atoms with E-state index in [1.165, 1.54) is 0 Å². The predicted molar refractivity (Wildman–Crippen MR) is 71.4 cm³/mol. The number of hydrogen-bond donors (Lipinski definition) is 1. The van der Waals surface area contributed by atoms with Gasteiger partial charge in [0.05, 0.1) is 16.9 Å². The van der Waals surface area contributed by atoms with Gasteiger partial charge in [0.1, 0.15) is 0 Å². The van der Waals surface area contributed by atoms with Crippen LogP contribution in [0.3, 0.4) is 0 Å². The minimum atomic E-state index is -4.52. The number of nitrogen functional groups attached to an aromatic ring is 1. The lowest BCUT2D eigenvalue weighted by atomic mass is 9.81. The number of anilines is 2. The maximum Gasteiger partial charge on any atom is 0.416 e. The third kappa shape index (κ3) is 3.01. The van der Waals surface area contributed by atoms with Crippen molar-refractivity contribution in [1.29, 1.82) is 0 Å². The summed E-state index contributed by atoms with van der Waals surface area (Å²) in [6, 6.07) is 2.61. The maximum atomic E-state index is 12.6. The van der Waals surface area contributed by atoms with Crippen molar-refractivity contribution in [2.24, 2.45) is 5.41 Å². The first-order chi connectivity index (χ1) is 9.51. The lowest BCUT2D eigenvalue weighted by Gasteiger charge is -2.35. The van der Waals surface area contributed by atoms with Crippen LogP contribution in [-0.4, -0.2) is 11.8 Å². The fourth-order valence-corrected chi connectivity index (χ4v) is 2.38. The number of nitrogens with two attached hydrogens (primary N) is 1. The Balaban J connectivity index is 2.39. The first-order valence-corrected chi connectivity index (χ1v) is 6.34. The minimum Gasteiger partial charge on any atom is -0.397 e. The van der Waals surface area contributed by atoms with Crippen LogP contribution >= 0.6 is 0 Å². The molecule has 1 fully saturated rings. The number of carbonyl (C=O) groups excluding carboxylic acids is 2. The first-order valence-electron chi connectivity index (χ1n) is 6.34. The van der Waals surface area contributed by atoms with E-state index < -0.39 is 29.0 Å². The van der Waals surface area contributed by atoms with Gasteiger partial charge in [-0.2, -0.15) is 13.2 Å². The van der Waals surface area contributed by atoms with Crippen molar-refractivity contribution in [3.05, 3.63) is 23.8 Å². The summed E-state index contributed by atoms with van der Waals surface area (Å²) in [5.74, 6) is -0.912. The van der Waals surface area contributed by atoms with Gasteiger partial charge >= 0.3 is 6.18 Å². The molecule has 0 saturated carbocycles. The highest BCUT2D eigenvalue weighted by atomic mass is 19.4. The number of alkyl halides is 3. The predicted octanol–water partition coefficient (Wildman–Crippen LogP) is 2.97. The number of amides is 2. The number of nitrogens with zero attached hydrogens (tertiary/aromatic N) is 1. The summed E-state index contributed by atoms with van der Waals surface area (Å²) < 4.78 is 37.8. The van der Waals surface area contributed by atoms with E-state index in [4.69, 9.17) is 5.73 Å². The quantitative estimate of drug-likeness (QED) is 0.640. The van der Waals surface area contributed by atoms with E-state index in [0.717, 1.165) is 23.1 Å². The van der Waals surface area contributed by atoms with Crippen LogP contribution in [0.25, 0.3) is 0 Å². The molecule has 0 bridgehead atoms. The molecule has 2 N–H and O–H groups in total. The molecule has 1 aromatic carbocycles. The van der Waals surface area contributed by atoms with Crippen molar-refractivity contribution in [1.82, 2.24) is 0 Å². The molecule has 1 saturated heterocycles. The molecule has 0 atom stereocenters. The molecular formula is C14H15F3N2O2. The molecule has 2 rings (SSSR count). The molecule has 7 heteroatoms. The largest absolute Gasteiger partial charge is 0.416 e. The molecule has 4 nitrogen and oxygen atoms in total. The Morgan fingerprint density at radius 2 is 1.67 bits per heavy atom. The number of imide groups is 1. The van der Waals surface area contributed by atoms with Crippen molar-refractivity contribution < 1.29 is 22.8 Å². The van der Waals surface area contributed by atoms with Crippen LogP contribution in [0.2, 0.25) is 0 Å². The fourth-order valence-electron chi connectivity index (χ4n) is 2.38. The average molecular weight is 300 g/mol. The lowest BCUT2D eigenvalue weighted by Crippen LogP contribution is -2.46. The molecule has 1 aromatic rings. The molecule has 21 heavy (non-hydrogen) atoms. The van der Waals surface area contributed by atoms with Crippen LogP contribution in [0.4, 0.5) is 24.5 Å². The molecule has 1 heterocycles. The van der Waals surface area contributed by atoms with Gasteiger partial charge in [-0.15, -0.1) is 0 Å². The molecule has 0 radical (unpaired) electrons. The van der Waals surface area contributed by atoms with Crippen LogP contribution in [0.5, 0.6) is 0 Å². The zero-order valence-electron chi connectivity index (χ0n) is 11.6. The van der Waals surface area contributed by atoms with Gasteiger partial charge in [-0.3, -0.25) is 9.59 Å². The van der Waals surface area contributed by atoms with Gasteiger partial charge in [0.2, 0.25) is 11.8 Å². The third-order valence-corrected chi connectivity index (χ3v) is 3.35. The molecule has 1 aliphatic rings. The molecule has 0 spiro atoms. The van der Waals surface area contributed by atoms with Gasteiger partial charge in [-0.1, -0.05) is 13.8 Å². The van der Waals surface area contributed by atoms with Gasteiger partial charge in [-0.05, 0) is 23.6 Å². The number of piperidine rings is 1. The van der Waals surface area contributed by atoms with Crippen molar-refractivity contribution in [3.8, 4) is 0 Å². The second-order valence-electron chi connectivity index (χ2n) is 5.91. The SMILES string of the molecule is CC1(C)CC(=O)N(c2ccc(C(F)(F)F)cc2N)C(=O)C1. The molecule has 114 valence electrons.